The van der Waals surface area contributed by atoms with E-state index in [4.69, 9.17) is 11.6 Å². The first kappa shape index (κ1) is 11.7. The molecule has 1 nitrogen and oxygen atoms in total. The minimum atomic E-state index is -0.206. The molecule has 1 fully saturated rings. The van der Waals surface area contributed by atoms with E-state index in [1.54, 1.807) is 6.07 Å². The summed E-state index contributed by atoms with van der Waals surface area (Å²) < 4.78 is 13.6. The maximum absolute atomic E-state index is 13.6. The molecule has 0 aliphatic heterocycles. The zero-order valence-corrected chi connectivity index (χ0v) is 10.5. The Morgan fingerprint density at radius 3 is 2.75 bits per heavy atom. The summed E-state index contributed by atoms with van der Waals surface area (Å²) in [6.07, 6.45) is 2.58. The van der Waals surface area contributed by atoms with E-state index in [0.29, 0.717) is 11.6 Å². The maximum atomic E-state index is 13.6. The maximum Gasteiger partial charge on any atom is 0.129 e. The van der Waals surface area contributed by atoms with Gasteiger partial charge in [-0.3, -0.25) is 0 Å². The lowest BCUT2D eigenvalue weighted by Gasteiger charge is -2.29. The lowest BCUT2D eigenvalue weighted by Crippen LogP contribution is -2.31. The van der Waals surface area contributed by atoms with Gasteiger partial charge in [-0.1, -0.05) is 6.07 Å². The van der Waals surface area contributed by atoms with Crippen LogP contribution in [0, 0.1) is 11.7 Å². The molecule has 0 amide bonds. The number of nitrogens with zero attached hydrogens (tertiary/aromatic N) is 1. The number of benzene rings is 1. The van der Waals surface area contributed by atoms with Gasteiger partial charge in [0.2, 0.25) is 0 Å². The highest BCUT2D eigenvalue weighted by Crippen LogP contribution is 2.37. The Labute approximate surface area is 101 Å². The molecule has 3 heteroatoms. The minimum Gasteiger partial charge on any atom is -0.371 e. The van der Waals surface area contributed by atoms with E-state index in [1.165, 1.54) is 18.9 Å². The van der Waals surface area contributed by atoms with Gasteiger partial charge in [-0.05, 0) is 37.8 Å². The van der Waals surface area contributed by atoms with Gasteiger partial charge in [0, 0.05) is 24.3 Å². The van der Waals surface area contributed by atoms with Gasteiger partial charge in [0.15, 0.2) is 0 Å². The van der Waals surface area contributed by atoms with Crippen LogP contribution in [0.2, 0.25) is 0 Å². The first-order valence-electron chi connectivity index (χ1n) is 5.71. The SMILES string of the molecule is CC(C1CC1)N(C)c1cccc(F)c1CCl. The van der Waals surface area contributed by atoms with Gasteiger partial charge in [0.25, 0.3) is 0 Å². The van der Waals surface area contributed by atoms with Crippen LogP contribution in [-0.4, -0.2) is 13.1 Å². The molecule has 0 saturated heterocycles. The molecule has 1 aliphatic rings. The molecule has 1 aromatic rings. The molecule has 0 radical (unpaired) electrons. The van der Waals surface area contributed by atoms with Crippen LogP contribution < -0.4 is 4.90 Å². The molecular weight excluding hydrogens is 225 g/mol. The van der Waals surface area contributed by atoms with Crippen LogP contribution in [0.1, 0.15) is 25.3 Å². The fourth-order valence-corrected chi connectivity index (χ4v) is 2.39. The Morgan fingerprint density at radius 1 is 1.50 bits per heavy atom. The summed E-state index contributed by atoms with van der Waals surface area (Å²) in [6.45, 7) is 2.20. The van der Waals surface area contributed by atoms with Crippen LogP contribution in [-0.2, 0) is 5.88 Å². The van der Waals surface area contributed by atoms with Crippen molar-refractivity contribution in [1.29, 1.82) is 0 Å². The van der Waals surface area contributed by atoms with Crippen LogP contribution in [0.4, 0.5) is 10.1 Å². The lowest BCUT2D eigenvalue weighted by molar-refractivity contribution is 0.594. The fraction of sp³-hybridized carbons (Fsp3) is 0.538. The van der Waals surface area contributed by atoms with Crippen molar-refractivity contribution in [3.63, 3.8) is 0 Å². The van der Waals surface area contributed by atoms with Gasteiger partial charge in [-0.25, -0.2) is 4.39 Å². The molecule has 1 unspecified atom stereocenters. The van der Waals surface area contributed by atoms with Crippen molar-refractivity contribution in [3.8, 4) is 0 Å². The Bertz CT molecular complexity index is 376. The smallest absolute Gasteiger partial charge is 0.129 e. The quantitative estimate of drug-likeness (QED) is 0.725. The highest BCUT2D eigenvalue weighted by atomic mass is 35.5. The monoisotopic (exact) mass is 241 g/mol. The van der Waals surface area contributed by atoms with Crippen molar-refractivity contribution in [3.05, 3.63) is 29.6 Å². The number of hydrogen-bond donors (Lipinski definition) is 0. The van der Waals surface area contributed by atoms with E-state index < -0.39 is 0 Å². The van der Waals surface area contributed by atoms with Crippen LogP contribution in [0.3, 0.4) is 0 Å². The molecule has 88 valence electrons. The normalized spacial score (nSPS) is 17.2. The van der Waals surface area contributed by atoms with Crippen LogP contribution in [0.15, 0.2) is 18.2 Å². The minimum absolute atomic E-state index is 0.206. The second kappa shape index (κ2) is 4.62. The second-order valence-corrected chi connectivity index (χ2v) is 4.83. The molecular formula is C13H17ClFN. The lowest BCUT2D eigenvalue weighted by atomic mass is 10.1. The summed E-state index contributed by atoms with van der Waals surface area (Å²) in [5.74, 6) is 0.780. The Balaban J connectivity index is 2.27. The second-order valence-electron chi connectivity index (χ2n) is 4.56. The Kier molecular flexibility index (Phi) is 3.38. The first-order chi connectivity index (χ1) is 7.65. The summed E-state index contributed by atoms with van der Waals surface area (Å²) >= 11 is 5.81. The molecule has 2 rings (SSSR count). The van der Waals surface area contributed by atoms with Crippen molar-refractivity contribution in [2.24, 2.45) is 5.92 Å². The Hall–Kier alpha value is -0.760. The van der Waals surface area contributed by atoms with E-state index in [0.717, 1.165) is 11.6 Å². The van der Waals surface area contributed by atoms with E-state index in [9.17, 15) is 4.39 Å². The highest BCUT2D eigenvalue weighted by molar-refractivity contribution is 6.17. The average Bonchev–Trinajstić information content (AvgIpc) is 3.10. The highest BCUT2D eigenvalue weighted by Gasteiger charge is 2.31. The third-order valence-corrected chi connectivity index (χ3v) is 3.79. The topological polar surface area (TPSA) is 3.24 Å². The van der Waals surface area contributed by atoms with E-state index in [-0.39, 0.29) is 11.7 Å². The largest absolute Gasteiger partial charge is 0.371 e. The van der Waals surface area contributed by atoms with Crippen molar-refractivity contribution < 1.29 is 4.39 Å². The predicted octanol–water partition coefficient (Wildman–Crippen LogP) is 3.80. The van der Waals surface area contributed by atoms with Gasteiger partial charge in [0.05, 0.1) is 5.88 Å². The van der Waals surface area contributed by atoms with E-state index in [1.807, 2.05) is 13.1 Å². The number of alkyl halides is 1. The molecule has 0 heterocycles. The van der Waals surface area contributed by atoms with Gasteiger partial charge in [-0.15, -0.1) is 11.6 Å². The summed E-state index contributed by atoms with van der Waals surface area (Å²) in [5, 5.41) is 0. The Morgan fingerprint density at radius 2 is 2.19 bits per heavy atom. The van der Waals surface area contributed by atoms with Gasteiger partial charge < -0.3 is 4.90 Å². The van der Waals surface area contributed by atoms with Crippen molar-refractivity contribution in [1.82, 2.24) is 0 Å². The van der Waals surface area contributed by atoms with Gasteiger partial charge in [0.1, 0.15) is 5.82 Å². The zero-order valence-electron chi connectivity index (χ0n) is 9.71. The molecule has 0 aromatic heterocycles. The van der Waals surface area contributed by atoms with Crippen molar-refractivity contribution in [2.75, 3.05) is 11.9 Å². The third kappa shape index (κ3) is 2.17. The van der Waals surface area contributed by atoms with Gasteiger partial charge >= 0.3 is 0 Å². The summed E-state index contributed by atoms with van der Waals surface area (Å²) in [5.41, 5.74) is 1.54. The summed E-state index contributed by atoms with van der Waals surface area (Å²) in [6, 6.07) is 5.62. The number of anilines is 1. The molecule has 0 spiro atoms. The predicted molar refractivity (Wildman–Crippen MR) is 66.5 cm³/mol. The van der Waals surface area contributed by atoms with Crippen LogP contribution >= 0.6 is 11.6 Å². The fourth-order valence-electron chi connectivity index (χ4n) is 2.12. The molecule has 1 aliphatic carbocycles. The average molecular weight is 242 g/mol. The summed E-state index contributed by atoms with van der Waals surface area (Å²) in [4.78, 5) is 2.15. The van der Waals surface area contributed by atoms with E-state index >= 15 is 0 Å². The van der Waals surface area contributed by atoms with Gasteiger partial charge in [-0.2, -0.15) is 0 Å². The molecule has 0 bridgehead atoms. The van der Waals surface area contributed by atoms with E-state index in [2.05, 4.69) is 11.8 Å². The van der Waals surface area contributed by atoms with Crippen molar-refractivity contribution in [2.45, 2.75) is 31.7 Å². The van der Waals surface area contributed by atoms with Crippen LogP contribution in [0.5, 0.6) is 0 Å². The molecule has 16 heavy (non-hydrogen) atoms. The number of rotatable bonds is 4. The molecule has 0 N–H and O–H groups in total. The molecule has 1 aromatic carbocycles. The van der Waals surface area contributed by atoms with Crippen LogP contribution in [0.25, 0.3) is 0 Å². The number of halogens is 2. The first-order valence-corrected chi connectivity index (χ1v) is 6.24. The third-order valence-electron chi connectivity index (χ3n) is 3.52. The molecule has 1 atom stereocenters. The zero-order chi connectivity index (χ0) is 11.7. The standard InChI is InChI=1S/C13H17ClFN/c1-9(10-6-7-10)16(2)13-5-3-4-12(15)11(13)8-14/h3-5,9-10H,6-8H2,1-2H3. The van der Waals surface area contributed by atoms with Crippen molar-refractivity contribution >= 4 is 17.3 Å². The summed E-state index contributed by atoms with van der Waals surface area (Å²) in [7, 11) is 2.02. The molecule has 1 saturated carbocycles. The number of hydrogen-bond acceptors (Lipinski definition) is 1.